The minimum Gasteiger partial charge on any atom is -0.296 e. The molecule has 0 N–H and O–H groups in total. The van der Waals surface area contributed by atoms with Crippen LogP contribution in [0.4, 0.5) is 0 Å². The van der Waals surface area contributed by atoms with E-state index >= 15 is 0 Å². The maximum absolute atomic E-state index is 6.19. The standard InChI is InChI=1S/C13H18Cl2N2/c1-2-11-5-3-4-6-17(11)9-10-8-16-13(15)7-12(10)14/h7-8,11H,2-6,9H2,1H3. The van der Waals surface area contributed by atoms with Crippen LogP contribution in [0.15, 0.2) is 12.3 Å². The highest BCUT2D eigenvalue weighted by Gasteiger charge is 2.21. The maximum atomic E-state index is 6.19. The average molecular weight is 273 g/mol. The van der Waals surface area contributed by atoms with Crippen molar-refractivity contribution in [3.05, 3.63) is 28.0 Å². The number of likely N-dealkylation sites (tertiary alicyclic amines) is 1. The second-order valence-corrected chi connectivity index (χ2v) is 5.42. The van der Waals surface area contributed by atoms with Crippen molar-refractivity contribution >= 4 is 23.2 Å². The van der Waals surface area contributed by atoms with Gasteiger partial charge in [-0.3, -0.25) is 4.90 Å². The van der Waals surface area contributed by atoms with Gasteiger partial charge in [0.25, 0.3) is 0 Å². The Morgan fingerprint density at radius 2 is 2.24 bits per heavy atom. The van der Waals surface area contributed by atoms with Crippen LogP contribution in [0.2, 0.25) is 10.2 Å². The zero-order valence-corrected chi connectivity index (χ0v) is 11.6. The van der Waals surface area contributed by atoms with Gasteiger partial charge in [0.15, 0.2) is 0 Å². The number of hydrogen-bond donors (Lipinski definition) is 0. The smallest absolute Gasteiger partial charge is 0.130 e. The molecule has 0 aliphatic carbocycles. The second-order valence-electron chi connectivity index (χ2n) is 4.63. The fourth-order valence-electron chi connectivity index (χ4n) is 2.50. The van der Waals surface area contributed by atoms with Crippen LogP contribution < -0.4 is 0 Å². The quantitative estimate of drug-likeness (QED) is 0.769. The largest absolute Gasteiger partial charge is 0.296 e. The predicted octanol–water partition coefficient (Wildman–Crippen LogP) is 4.15. The molecule has 1 aliphatic heterocycles. The van der Waals surface area contributed by atoms with E-state index in [1.165, 1.54) is 25.7 Å². The number of nitrogens with zero attached hydrogens (tertiary/aromatic N) is 2. The highest BCUT2D eigenvalue weighted by Crippen LogP contribution is 2.25. The van der Waals surface area contributed by atoms with Gasteiger partial charge in [-0.05, 0) is 31.9 Å². The topological polar surface area (TPSA) is 16.1 Å². The van der Waals surface area contributed by atoms with E-state index in [4.69, 9.17) is 23.2 Å². The van der Waals surface area contributed by atoms with Crippen LogP contribution in [-0.4, -0.2) is 22.5 Å². The van der Waals surface area contributed by atoms with Gasteiger partial charge >= 0.3 is 0 Å². The molecule has 1 unspecified atom stereocenters. The number of halogens is 2. The molecule has 94 valence electrons. The summed E-state index contributed by atoms with van der Waals surface area (Å²) in [5, 5.41) is 1.19. The van der Waals surface area contributed by atoms with Crippen molar-refractivity contribution in [2.45, 2.75) is 45.2 Å². The SMILES string of the molecule is CCC1CCCCN1Cc1cnc(Cl)cc1Cl. The maximum Gasteiger partial charge on any atom is 0.130 e. The predicted molar refractivity (Wildman–Crippen MR) is 72.6 cm³/mol. The number of hydrogen-bond acceptors (Lipinski definition) is 2. The Balaban J connectivity index is 2.08. The summed E-state index contributed by atoms with van der Waals surface area (Å²) in [6.07, 6.45) is 6.94. The Morgan fingerprint density at radius 1 is 1.41 bits per heavy atom. The van der Waals surface area contributed by atoms with Crippen molar-refractivity contribution in [2.75, 3.05) is 6.54 Å². The summed E-state index contributed by atoms with van der Waals surface area (Å²) < 4.78 is 0. The molecule has 0 saturated carbocycles. The summed E-state index contributed by atoms with van der Waals surface area (Å²) in [4.78, 5) is 6.62. The molecule has 2 nitrogen and oxygen atoms in total. The van der Waals surface area contributed by atoms with Crippen molar-refractivity contribution in [3.8, 4) is 0 Å². The first kappa shape index (κ1) is 13.1. The molecule has 0 spiro atoms. The van der Waals surface area contributed by atoms with Gasteiger partial charge in [0.2, 0.25) is 0 Å². The van der Waals surface area contributed by atoms with Crippen LogP contribution in [0.25, 0.3) is 0 Å². The Bertz CT molecular complexity index is 382. The van der Waals surface area contributed by atoms with Crippen molar-refractivity contribution < 1.29 is 0 Å². The van der Waals surface area contributed by atoms with Gasteiger partial charge in [-0.2, -0.15) is 0 Å². The highest BCUT2D eigenvalue weighted by atomic mass is 35.5. The van der Waals surface area contributed by atoms with Crippen LogP contribution >= 0.6 is 23.2 Å². The van der Waals surface area contributed by atoms with Gasteiger partial charge in [0.05, 0.1) is 0 Å². The Kier molecular flexibility index (Phi) is 4.66. The van der Waals surface area contributed by atoms with E-state index in [1.54, 1.807) is 12.3 Å². The van der Waals surface area contributed by atoms with E-state index in [0.29, 0.717) is 11.2 Å². The van der Waals surface area contributed by atoms with E-state index in [1.807, 2.05) is 0 Å². The molecule has 2 rings (SSSR count). The zero-order valence-electron chi connectivity index (χ0n) is 10.1. The van der Waals surface area contributed by atoms with Crippen LogP contribution in [0.3, 0.4) is 0 Å². The van der Waals surface area contributed by atoms with Crippen molar-refractivity contribution in [3.63, 3.8) is 0 Å². The normalized spacial score (nSPS) is 21.7. The van der Waals surface area contributed by atoms with Gasteiger partial charge in [0.1, 0.15) is 5.15 Å². The molecule has 0 radical (unpaired) electrons. The first-order chi connectivity index (χ1) is 8.20. The lowest BCUT2D eigenvalue weighted by Crippen LogP contribution is -2.38. The van der Waals surface area contributed by atoms with Gasteiger partial charge in [-0.15, -0.1) is 0 Å². The van der Waals surface area contributed by atoms with E-state index in [0.717, 1.165) is 23.7 Å². The third kappa shape index (κ3) is 3.34. The average Bonchev–Trinajstić information content (AvgIpc) is 2.33. The van der Waals surface area contributed by atoms with E-state index < -0.39 is 0 Å². The fraction of sp³-hybridized carbons (Fsp3) is 0.615. The van der Waals surface area contributed by atoms with Gasteiger partial charge in [-0.1, -0.05) is 36.5 Å². The fourth-order valence-corrected chi connectivity index (χ4v) is 2.93. The molecule has 1 saturated heterocycles. The molecular formula is C13H18Cl2N2. The minimum atomic E-state index is 0.462. The first-order valence-electron chi connectivity index (χ1n) is 6.24. The van der Waals surface area contributed by atoms with Gasteiger partial charge in [-0.25, -0.2) is 4.98 Å². The third-order valence-corrected chi connectivity index (χ3v) is 4.05. The molecule has 0 bridgehead atoms. The lowest BCUT2D eigenvalue weighted by atomic mass is 9.99. The summed E-state index contributed by atoms with van der Waals surface area (Å²) in [5.74, 6) is 0. The monoisotopic (exact) mass is 272 g/mol. The molecule has 17 heavy (non-hydrogen) atoms. The summed E-state index contributed by atoms with van der Waals surface area (Å²) in [6, 6.07) is 2.42. The number of pyridine rings is 1. The molecule has 1 aliphatic rings. The van der Waals surface area contributed by atoms with Crippen LogP contribution in [0, 0.1) is 0 Å². The lowest BCUT2D eigenvalue weighted by Gasteiger charge is -2.35. The minimum absolute atomic E-state index is 0.462. The van der Waals surface area contributed by atoms with Gasteiger partial charge < -0.3 is 0 Å². The zero-order chi connectivity index (χ0) is 12.3. The van der Waals surface area contributed by atoms with Crippen LogP contribution in [0.1, 0.15) is 38.2 Å². The Labute approximate surface area is 113 Å². The molecule has 1 aromatic rings. The molecule has 4 heteroatoms. The number of aromatic nitrogens is 1. The Morgan fingerprint density at radius 3 is 2.94 bits per heavy atom. The van der Waals surface area contributed by atoms with Crippen molar-refractivity contribution in [1.82, 2.24) is 9.88 Å². The van der Waals surface area contributed by atoms with Crippen LogP contribution in [-0.2, 0) is 6.54 Å². The van der Waals surface area contributed by atoms with E-state index in [2.05, 4.69) is 16.8 Å². The summed E-state index contributed by atoms with van der Waals surface area (Å²) in [5.41, 5.74) is 1.08. The molecule has 2 heterocycles. The van der Waals surface area contributed by atoms with E-state index in [-0.39, 0.29) is 0 Å². The number of rotatable bonds is 3. The highest BCUT2D eigenvalue weighted by molar-refractivity contribution is 6.34. The molecule has 0 aromatic carbocycles. The van der Waals surface area contributed by atoms with Crippen LogP contribution in [0.5, 0.6) is 0 Å². The number of piperidine rings is 1. The van der Waals surface area contributed by atoms with Gasteiger partial charge in [0, 0.05) is 29.4 Å². The summed E-state index contributed by atoms with van der Waals surface area (Å²) >= 11 is 12.0. The third-order valence-electron chi connectivity index (χ3n) is 3.49. The summed E-state index contributed by atoms with van der Waals surface area (Å²) in [6.45, 7) is 4.31. The Hall–Kier alpha value is -0.310. The van der Waals surface area contributed by atoms with Crippen molar-refractivity contribution in [2.24, 2.45) is 0 Å². The van der Waals surface area contributed by atoms with Crippen molar-refractivity contribution in [1.29, 1.82) is 0 Å². The summed E-state index contributed by atoms with van der Waals surface area (Å²) in [7, 11) is 0. The molecule has 1 atom stereocenters. The molecule has 1 aromatic heterocycles. The molecule has 0 amide bonds. The lowest BCUT2D eigenvalue weighted by molar-refractivity contribution is 0.136. The first-order valence-corrected chi connectivity index (χ1v) is 7.00. The molecular weight excluding hydrogens is 255 g/mol. The van der Waals surface area contributed by atoms with E-state index in [9.17, 15) is 0 Å². The second kappa shape index (κ2) is 6.03. The molecule has 1 fully saturated rings.